The van der Waals surface area contributed by atoms with Crippen molar-refractivity contribution < 1.29 is 9.53 Å². The largest absolute Gasteiger partial charge is 0.468 e. The summed E-state index contributed by atoms with van der Waals surface area (Å²) >= 11 is 0. The molecular formula is C12H21NO2. The van der Waals surface area contributed by atoms with Gasteiger partial charge in [-0.25, -0.2) is 0 Å². The third kappa shape index (κ3) is 2.71. The molecule has 0 amide bonds. The number of hydrogen-bond acceptors (Lipinski definition) is 3. The smallest absolute Gasteiger partial charge is 0.322 e. The van der Waals surface area contributed by atoms with Gasteiger partial charge in [-0.15, -0.1) is 0 Å². The van der Waals surface area contributed by atoms with Crippen molar-refractivity contribution in [3.8, 4) is 0 Å². The minimum absolute atomic E-state index is 0.0961. The van der Waals surface area contributed by atoms with Gasteiger partial charge in [0.1, 0.15) is 6.04 Å². The van der Waals surface area contributed by atoms with Gasteiger partial charge in [-0.1, -0.05) is 6.92 Å². The molecule has 0 spiro atoms. The molecule has 2 aliphatic rings. The molecule has 2 aliphatic carbocycles. The van der Waals surface area contributed by atoms with Crippen molar-refractivity contribution in [2.75, 3.05) is 7.11 Å². The molecule has 86 valence electrons. The maximum atomic E-state index is 11.5. The lowest BCUT2D eigenvalue weighted by atomic mass is 10.1. The normalized spacial score (nSPS) is 22.9. The van der Waals surface area contributed by atoms with Crippen molar-refractivity contribution in [3.05, 3.63) is 0 Å². The summed E-state index contributed by atoms with van der Waals surface area (Å²) in [6.07, 6.45) is 6.18. The number of ether oxygens (including phenoxy) is 1. The number of methoxy groups -OCH3 is 1. The van der Waals surface area contributed by atoms with Crippen LogP contribution in [0.5, 0.6) is 0 Å². The number of esters is 1. The highest BCUT2D eigenvalue weighted by atomic mass is 16.5. The van der Waals surface area contributed by atoms with Crippen LogP contribution in [0.4, 0.5) is 0 Å². The number of rotatable bonds is 6. The third-order valence-corrected chi connectivity index (χ3v) is 3.55. The number of nitrogens with one attached hydrogen (secondary N) is 1. The molecule has 2 saturated carbocycles. The Kier molecular flexibility index (Phi) is 3.29. The fraction of sp³-hybridized carbons (Fsp3) is 0.917. The lowest BCUT2D eigenvalue weighted by molar-refractivity contribution is -0.143. The Labute approximate surface area is 91.6 Å². The Morgan fingerprint density at radius 3 is 2.20 bits per heavy atom. The minimum atomic E-state index is -0.108. The van der Waals surface area contributed by atoms with Crippen molar-refractivity contribution in [3.63, 3.8) is 0 Å². The van der Waals surface area contributed by atoms with Gasteiger partial charge in [0, 0.05) is 6.04 Å². The average Bonchev–Trinajstić information content (AvgIpc) is 3.10. The predicted molar refractivity (Wildman–Crippen MR) is 58.5 cm³/mol. The maximum Gasteiger partial charge on any atom is 0.322 e. The van der Waals surface area contributed by atoms with E-state index in [4.69, 9.17) is 4.74 Å². The molecule has 0 aromatic rings. The molecule has 3 heteroatoms. The minimum Gasteiger partial charge on any atom is -0.468 e. The molecule has 0 aliphatic heterocycles. The van der Waals surface area contributed by atoms with Crippen molar-refractivity contribution in [2.24, 2.45) is 11.8 Å². The van der Waals surface area contributed by atoms with Gasteiger partial charge in [0.2, 0.25) is 0 Å². The number of hydrogen-bond donors (Lipinski definition) is 1. The standard InChI is InChI=1S/C12H21NO2/c1-3-10(12(14)15-2)13-11(8-4-5-8)9-6-7-9/h8-11,13H,3-7H2,1-2H3. The van der Waals surface area contributed by atoms with Crippen LogP contribution in [0.2, 0.25) is 0 Å². The lowest BCUT2D eigenvalue weighted by Crippen LogP contribution is -2.45. The fourth-order valence-electron chi connectivity index (χ4n) is 2.29. The molecule has 1 unspecified atom stereocenters. The highest BCUT2D eigenvalue weighted by Crippen LogP contribution is 2.44. The quantitative estimate of drug-likeness (QED) is 0.680. The Bertz CT molecular complexity index is 222. The van der Waals surface area contributed by atoms with Gasteiger partial charge in [0.25, 0.3) is 0 Å². The molecule has 0 aromatic heterocycles. The second-order valence-corrected chi connectivity index (χ2v) is 4.85. The Balaban J connectivity index is 1.88. The van der Waals surface area contributed by atoms with Crippen LogP contribution in [0.1, 0.15) is 39.0 Å². The molecule has 2 fully saturated rings. The lowest BCUT2D eigenvalue weighted by Gasteiger charge is -2.23. The first kappa shape index (κ1) is 10.9. The van der Waals surface area contributed by atoms with Gasteiger partial charge in [-0.3, -0.25) is 4.79 Å². The molecular weight excluding hydrogens is 190 g/mol. The van der Waals surface area contributed by atoms with Crippen LogP contribution in [0.25, 0.3) is 0 Å². The predicted octanol–water partition coefficient (Wildman–Crippen LogP) is 1.72. The van der Waals surface area contributed by atoms with Crippen LogP contribution in [-0.2, 0) is 9.53 Å². The van der Waals surface area contributed by atoms with E-state index in [1.807, 2.05) is 6.92 Å². The average molecular weight is 211 g/mol. The van der Waals surface area contributed by atoms with E-state index in [-0.39, 0.29) is 12.0 Å². The summed E-state index contributed by atoms with van der Waals surface area (Å²) in [6, 6.07) is 0.482. The van der Waals surface area contributed by atoms with E-state index in [0.29, 0.717) is 6.04 Å². The van der Waals surface area contributed by atoms with E-state index in [0.717, 1.165) is 18.3 Å². The topological polar surface area (TPSA) is 38.3 Å². The highest BCUT2D eigenvalue weighted by molar-refractivity contribution is 5.75. The summed E-state index contributed by atoms with van der Waals surface area (Å²) in [7, 11) is 1.47. The molecule has 0 saturated heterocycles. The Hall–Kier alpha value is -0.570. The Morgan fingerprint density at radius 1 is 1.33 bits per heavy atom. The number of carbonyl (C=O) groups is 1. The van der Waals surface area contributed by atoms with Gasteiger partial charge >= 0.3 is 5.97 Å². The summed E-state index contributed by atoms with van der Waals surface area (Å²) in [4.78, 5) is 11.5. The summed E-state index contributed by atoms with van der Waals surface area (Å²) in [5.41, 5.74) is 0. The van der Waals surface area contributed by atoms with E-state index in [1.54, 1.807) is 0 Å². The molecule has 15 heavy (non-hydrogen) atoms. The van der Waals surface area contributed by atoms with Crippen LogP contribution in [-0.4, -0.2) is 25.2 Å². The molecule has 0 aromatic carbocycles. The zero-order valence-electron chi connectivity index (χ0n) is 9.66. The van der Waals surface area contributed by atoms with Crippen LogP contribution in [0.3, 0.4) is 0 Å². The highest BCUT2D eigenvalue weighted by Gasteiger charge is 2.42. The number of carbonyl (C=O) groups excluding carboxylic acids is 1. The maximum absolute atomic E-state index is 11.5. The third-order valence-electron chi connectivity index (χ3n) is 3.55. The first-order chi connectivity index (χ1) is 7.26. The van der Waals surface area contributed by atoms with Gasteiger partial charge in [-0.2, -0.15) is 0 Å². The van der Waals surface area contributed by atoms with Crippen LogP contribution >= 0.6 is 0 Å². The van der Waals surface area contributed by atoms with E-state index >= 15 is 0 Å². The summed E-state index contributed by atoms with van der Waals surface area (Å²) < 4.78 is 4.80. The van der Waals surface area contributed by atoms with Crippen LogP contribution in [0, 0.1) is 11.8 Å². The summed E-state index contributed by atoms with van der Waals surface area (Å²) in [5, 5.41) is 3.50. The van der Waals surface area contributed by atoms with E-state index < -0.39 is 0 Å². The SMILES string of the molecule is CCC(NC(C1CC1)C1CC1)C(=O)OC. The van der Waals surface area contributed by atoms with E-state index in [9.17, 15) is 4.79 Å². The van der Waals surface area contributed by atoms with E-state index in [1.165, 1.54) is 32.8 Å². The summed E-state index contributed by atoms with van der Waals surface area (Å²) in [5.74, 6) is 1.55. The molecule has 2 rings (SSSR count). The zero-order chi connectivity index (χ0) is 10.8. The van der Waals surface area contributed by atoms with Crippen LogP contribution < -0.4 is 5.32 Å². The first-order valence-corrected chi connectivity index (χ1v) is 6.10. The van der Waals surface area contributed by atoms with Gasteiger partial charge in [0.05, 0.1) is 7.11 Å². The van der Waals surface area contributed by atoms with Gasteiger partial charge < -0.3 is 10.1 Å². The Morgan fingerprint density at radius 2 is 1.87 bits per heavy atom. The van der Waals surface area contributed by atoms with Crippen molar-refractivity contribution >= 4 is 5.97 Å². The second kappa shape index (κ2) is 4.52. The van der Waals surface area contributed by atoms with Gasteiger partial charge in [0.15, 0.2) is 0 Å². The first-order valence-electron chi connectivity index (χ1n) is 6.10. The molecule has 1 atom stereocenters. The van der Waals surface area contributed by atoms with Crippen molar-refractivity contribution in [2.45, 2.75) is 51.1 Å². The van der Waals surface area contributed by atoms with Crippen molar-refractivity contribution in [1.82, 2.24) is 5.32 Å². The molecule has 3 nitrogen and oxygen atoms in total. The summed E-state index contributed by atoms with van der Waals surface area (Å²) in [6.45, 7) is 2.03. The van der Waals surface area contributed by atoms with Crippen molar-refractivity contribution in [1.29, 1.82) is 0 Å². The molecule has 0 heterocycles. The van der Waals surface area contributed by atoms with Gasteiger partial charge in [-0.05, 0) is 43.9 Å². The molecule has 0 radical (unpaired) electrons. The fourth-order valence-corrected chi connectivity index (χ4v) is 2.29. The van der Waals surface area contributed by atoms with Crippen LogP contribution in [0.15, 0.2) is 0 Å². The second-order valence-electron chi connectivity index (χ2n) is 4.85. The molecule has 1 N–H and O–H groups in total. The monoisotopic (exact) mass is 211 g/mol. The van der Waals surface area contributed by atoms with E-state index in [2.05, 4.69) is 5.32 Å². The zero-order valence-corrected chi connectivity index (χ0v) is 9.66. The molecule has 0 bridgehead atoms.